The molecule has 3 aromatic heterocycles. The van der Waals surface area contributed by atoms with Gasteiger partial charge in [-0.3, -0.25) is 9.98 Å². The summed E-state index contributed by atoms with van der Waals surface area (Å²) in [6, 6.07) is 9.46. The van der Waals surface area contributed by atoms with Crippen LogP contribution in [0.3, 0.4) is 0 Å². The van der Waals surface area contributed by atoms with Gasteiger partial charge in [0.15, 0.2) is 11.8 Å². The van der Waals surface area contributed by atoms with E-state index in [0.717, 1.165) is 11.5 Å². The molecule has 0 spiro atoms. The van der Waals surface area contributed by atoms with Crippen LogP contribution in [0.2, 0.25) is 0 Å². The van der Waals surface area contributed by atoms with Gasteiger partial charge in [0.25, 0.3) is 5.89 Å². The van der Waals surface area contributed by atoms with E-state index in [9.17, 15) is 0 Å². The van der Waals surface area contributed by atoms with E-state index in [1.54, 1.807) is 13.2 Å². The van der Waals surface area contributed by atoms with Crippen LogP contribution >= 0.6 is 24.0 Å². The van der Waals surface area contributed by atoms with E-state index in [4.69, 9.17) is 8.94 Å². The molecule has 0 bridgehead atoms. The second kappa shape index (κ2) is 10.0. The summed E-state index contributed by atoms with van der Waals surface area (Å²) in [5.41, 5.74) is 0.666. The number of furan rings is 1. The molecule has 144 valence electrons. The van der Waals surface area contributed by atoms with Crippen LogP contribution in [0.25, 0.3) is 11.6 Å². The largest absolute Gasteiger partial charge is 0.464 e. The molecule has 1 unspecified atom stereocenters. The fraction of sp³-hybridized carbons (Fsp3) is 0.333. The summed E-state index contributed by atoms with van der Waals surface area (Å²) < 4.78 is 10.9. The first kappa shape index (κ1) is 20.9. The monoisotopic (exact) mass is 482 g/mol. The highest BCUT2D eigenvalue weighted by Crippen LogP contribution is 2.15. The number of rotatable bonds is 6. The lowest BCUT2D eigenvalue weighted by atomic mass is 10.2. The number of aryl methyl sites for hydroxylation is 1. The molecule has 0 saturated carbocycles. The lowest BCUT2D eigenvalue weighted by Gasteiger charge is -2.15. The minimum absolute atomic E-state index is 0. The summed E-state index contributed by atoms with van der Waals surface area (Å²) in [5, 5.41) is 10.5. The molecule has 1 atom stereocenters. The van der Waals surface area contributed by atoms with Gasteiger partial charge in [0.1, 0.15) is 17.2 Å². The Hall–Kier alpha value is -2.43. The van der Waals surface area contributed by atoms with Crippen molar-refractivity contribution < 1.29 is 8.94 Å². The number of nitrogens with one attached hydrogen (secondary N) is 2. The van der Waals surface area contributed by atoms with Crippen LogP contribution < -0.4 is 10.6 Å². The minimum atomic E-state index is 0. The van der Waals surface area contributed by atoms with E-state index in [-0.39, 0.29) is 30.0 Å². The first-order valence-corrected chi connectivity index (χ1v) is 8.43. The average Bonchev–Trinajstić information content (AvgIpc) is 3.31. The topological polar surface area (TPSA) is 101 Å². The van der Waals surface area contributed by atoms with E-state index < -0.39 is 0 Å². The maximum Gasteiger partial charge on any atom is 0.276 e. The maximum atomic E-state index is 5.63. The number of pyridine rings is 1. The third-order valence-electron chi connectivity index (χ3n) is 3.76. The number of hydrogen-bond donors (Lipinski definition) is 2. The summed E-state index contributed by atoms with van der Waals surface area (Å²) in [4.78, 5) is 12.8. The Kier molecular flexibility index (Phi) is 7.77. The van der Waals surface area contributed by atoms with Crippen LogP contribution in [0, 0.1) is 6.92 Å². The van der Waals surface area contributed by atoms with E-state index in [0.29, 0.717) is 36.3 Å². The molecule has 3 rings (SSSR count). The summed E-state index contributed by atoms with van der Waals surface area (Å²) >= 11 is 0. The van der Waals surface area contributed by atoms with Gasteiger partial charge in [0.2, 0.25) is 0 Å². The zero-order valence-electron chi connectivity index (χ0n) is 15.5. The molecule has 0 aliphatic rings. The Morgan fingerprint density at radius 3 is 2.78 bits per heavy atom. The molecule has 3 heterocycles. The Morgan fingerprint density at radius 2 is 2.11 bits per heavy atom. The van der Waals surface area contributed by atoms with Gasteiger partial charge in [0.05, 0.1) is 6.04 Å². The van der Waals surface area contributed by atoms with Gasteiger partial charge in [-0.25, -0.2) is 0 Å². The van der Waals surface area contributed by atoms with E-state index >= 15 is 0 Å². The van der Waals surface area contributed by atoms with Crippen molar-refractivity contribution in [3.63, 3.8) is 0 Å². The first-order valence-electron chi connectivity index (χ1n) is 8.43. The third kappa shape index (κ3) is 5.78. The molecule has 0 amide bonds. The van der Waals surface area contributed by atoms with Crippen molar-refractivity contribution in [3.8, 4) is 11.6 Å². The fourth-order valence-corrected chi connectivity index (χ4v) is 2.40. The summed E-state index contributed by atoms with van der Waals surface area (Å²) in [6.07, 6.45) is 2.30. The molecule has 0 saturated heterocycles. The lowest BCUT2D eigenvalue weighted by Crippen LogP contribution is -2.39. The fourth-order valence-electron chi connectivity index (χ4n) is 2.40. The number of nitrogens with zero attached hydrogens (tertiary/aromatic N) is 4. The predicted molar refractivity (Wildman–Crippen MR) is 113 cm³/mol. The standard InChI is InChI=1S/C18H22N6O2.HI/c1-12-7-8-15(25-12)13(2)22-18(19-3)21-11-9-16-23-17(26-24-16)14-6-4-5-10-20-14;/h4-8,10,13H,9,11H2,1-3H3,(H2,19,21,22);1H. The minimum Gasteiger partial charge on any atom is -0.464 e. The number of halogens is 1. The van der Waals surface area contributed by atoms with Crippen LogP contribution in [0.1, 0.15) is 30.3 Å². The van der Waals surface area contributed by atoms with Crippen LogP contribution in [0.15, 0.2) is 50.5 Å². The van der Waals surface area contributed by atoms with E-state index in [2.05, 4.69) is 30.8 Å². The van der Waals surface area contributed by atoms with Gasteiger partial charge in [-0.05, 0) is 38.1 Å². The molecule has 2 N–H and O–H groups in total. The Balaban J connectivity index is 0.00000261. The van der Waals surface area contributed by atoms with E-state index in [1.807, 2.05) is 44.2 Å². The first-order chi connectivity index (χ1) is 12.7. The van der Waals surface area contributed by atoms with Crippen molar-refractivity contribution >= 4 is 29.9 Å². The van der Waals surface area contributed by atoms with Crippen LogP contribution in [0.4, 0.5) is 0 Å². The second-order valence-corrected chi connectivity index (χ2v) is 5.79. The number of guanidine groups is 1. The van der Waals surface area contributed by atoms with Crippen LogP contribution in [-0.2, 0) is 6.42 Å². The summed E-state index contributed by atoms with van der Waals surface area (Å²) in [7, 11) is 1.73. The molecule has 3 aromatic rings. The van der Waals surface area contributed by atoms with Gasteiger partial charge in [-0.1, -0.05) is 11.2 Å². The zero-order chi connectivity index (χ0) is 18.4. The highest BCUT2D eigenvalue weighted by Gasteiger charge is 2.12. The van der Waals surface area contributed by atoms with Crippen molar-refractivity contribution in [3.05, 3.63) is 53.9 Å². The van der Waals surface area contributed by atoms with Crippen molar-refractivity contribution in [2.75, 3.05) is 13.6 Å². The van der Waals surface area contributed by atoms with Crippen molar-refractivity contribution in [1.29, 1.82) is 0 Å². The molecule has 0 aromatic carbocycles. The second-order valence-electron chi connectivity index (χ2n) is 5.79. The zero-order valence-corrected chi connectivity index (χ0v) is 17.8. The molecule has 27 heavy (non-hydrogen) atoms. The summed E-state index contributed by atoms with van der Waals surface area (Å²) in [6.45, 7) is 4.56. The van der Waals surface area contributed by atoms with E-state index in [1.165, 1.54) is 0 Å². The molecule has 0 aliphatic heterocycles. The average molecular weight is 482 g/mol. The smallest absolute Gasteiger partial charge is 0.276 e. The number of aliphatic imine (C=N–C) groups is 1. The van der Waals surface area contributed by atoms with Gasteiger partial charge in [-0.15, -0.1) is 24.0 Å². The lowest BCUT2D eigenvalue weighted by molar-refractivity contribution is 0.421. The molecular weight excluding hydrogens is 459 g/mol. The Morgan fingerprint density at radius 1 is 1.26 bits per heavy atom. The van der Waals surface area contributed by atoms with Gasteiger partial charge < -0.3 is 19.6 Å². The van der Waals surface area contributed by atoms with Crippen molar-refractivity contribution in [1.82, 2.24) is 25.8 Å². The molecule has 0 aliphatic carbocycles. The van der Waals surface area contributed by atoms with Gasteiger partial charge in [0, 0.05) is 26.2 Å². The highest BCUT2D eigenvalue weighted by molar-refractivity contribution is 14.0. The normalized spacial score (nSPS) is 12.3. The highest BCUT2D eigenvalue weighted by atomic mass is 127. The molecule has 0 radical (unpaired) electrons. The predicted octanol–water partition coefficient (Wildman–Crippen LogP) is 3.12. The van der Waals surface area contributed by atoms with Gasteiger partial charge in [-0.2, -0.15) is 4.98 Å². The molecule has 0 fully saturated rings. The molecule has 8 nitrogen and oxygen atoms in total. The SMILES string of the molecule is CN=C(NCCc1noc(-c2ccccn2)n1)NC(C)c1ccc(C)o1.I. The Labute approximate surface area is 174 Å². The maximum absolute atomic E-state index is 5.63. The van der Waals surface area contributed by atoms with Crippen molar-refractivity contribution in [2.45, 2.75) is 26.3 Å². The molecule has 9 heteroatoms. The molecular formula is C18H23IN6O2. The van der Waals surface area contributed by atoms with Crippen LogP contribution in [0.5, 0.6) is 0 Å². The van der Waals surface area contributed by atoms with Crippen molar-refractivity contribution in [2.24, 2.45) is 4.99 Å². The van der Waals surface area contributed by atoms with Gasteiger partial charge >= 0.3 is 0 Å². The quantitative estimate of drug-likeness (QED) is 0.316. The third-order valence-corrected chi connectivity index (χ3v) is 3.76. The summed E-state index contributed by atoms with van der Waals surface area (Å²) in [5.74, 6) is 3.47. The number of aromatic nitrogens is 3. The van der Waals surface area contributed by atoms with Crippen LogP contribution in [-0.4, -0.2) is 34.7 Å². The number of hydrogen-bond acceptors (Lipinski definition) is 6. The Bertz CT molecular complexity index is 862.